The van der Waals surface area contributed by atoms with Gasteiger partial charge < -0.3 is 10.4 Å². The lowest BCUT2D eigenvalue weighted by Crippen LogP contribution is -2.47. The lowest BCUT2D eigenvalue weighted by molar-refractivity contribution is 0.0441. The number of aliphatic hydroxyl groups is 1. The molecule has 1 heterocycles. The molecule has 3 nitrogen and oxygen atoms in total. The lowest BCUT2D eigenvalue weighted by Gasteiger charge is -2.33. The van der Waals surface area contributed by atoms with Crippen LogP contribution in [0.25, 0.3) is 0 Å². The monoisotopic (exact) mass is 212 g/mol. The van der Waals surface area contributed by atoms with E-state index in [9.17, 15) is 5.11 Å². The summed E-state index contributed by atoms with van der Waals surface area (Å²) in [5.41, 5.74) is 0. The molecule has 1 aliphatic heterocycles. The molecule has 2 rings (SSSR count). The molecule has 1 aliphatic carbocycles. The maximum Gasteiger partial charge on any atom is 0.0695 e. The Balaban J connectivity index is 1.72. The molecule has 3 heteroatoms. The van der Waals surface area contributed by atoms with Crippen molar-refractivity contribution in [3.63, 3.8) is 0 Å². The molecule has 0 radical (unpaired) electrons. The van der Waals surface area contributed by atoms with Crippen LogP contribution in [0.4, 0.5) is 0 Å². The van der Waals surface area contributed by atoms with Crippen LogP contribution in [0.3, 0.4) is 0 Å². The summed E-state index contributed by atoms with van der Waals surface area (Å²) in [6, 6.07) is 0. The summed E-state index contributed by atoms with van der Waals surface area (Å²) in [6.45, 7) is 5.26. The largest absolute Gasteiger partial charge is 0.392 e. The first-order valence-electron chi connectivity index (χ1n) is 6.47. The molecule has 1 atom stereocenters. The number of β-amino-alcohol motifs (C(OH)–C–C–N with tert-alkyl or cyclic N) is 1. The van der Waals surface area contributed by atoms with Gasteiger partial charge in [0.05, 0.1) is 6.10 Å². The Morgan fingerprint density at radius 1 is 1.13 bits per heavy atom. The molecule has 0 aromatic rings. The highest BCUT2D eigenvalue weighted by molar-refractivity contribution is 4.78. The van der Waals surface area contributed by atoms with E-state index < -0.39 is 0 Å². The maximum absolute atomic E-state index is 10.2. The van der Waals surface area contributed by atoms with E-state index in [0.29, 0.717) is 5.92 Å². The van der Waals surface area contributed by atoms with E-state index in [4.69, 9.17) is 0 Å². The standard InChI is InChI=1S/C12H24N2O/c15-12(11-4-2-1-3-5-11)10-14-8-6-13-7-9-14/h11-13,15H,1-10H2. The van der Waals surface area contributed by atoms with Crippen molar-refractivity contribution < 1.29 is 5.11 Å². The van der Waals surface area contributed by atoms with Gasteiger partial charge in [-0.3, -0.25) is 4.90 Å². The average molecular weight is 212 g/mol. The second kappa shape index (κ2) is 5.83. The molecular weight excluding hydrogens is 188 g/mol. The van der Waals surface area contributed by atoms with Gasteiger partial charge in [0.15, 0.2) is 0 Å². The first-order valence-corrected chi connectivity index (χ1v) is 6.47. The fraction of sp³-hybridized carbons (Fsp3) is 1.00. The van der Waals surface area contributed by atoms with E-state index in [1.54, 1.807) is 0 Å². The summed E-state index contributed by atoms with van der Waals surface area (Å²) in [4.78, 5) is 2.40. The highest BCUT2D eigenvalue weighted by Crippen LogP contribution is 2.26. The van der Waals surface area contributed by atoms with Crippen LogP contribution in [0.5, 0.6) is 0 Å². The highest BCUT2D eigenvalue weighted by Gasteiger charge is 2.23. The Morgan fingerprint density at radius 3 is 2.47 bits per heavy atom. The van der Waals surface area contributed by atoms with E-state index in [1.807, 2.05) is 0 Å². The molecule has 0 amide bonds. The molecule has 15 heavy (non-hydrogen) atoms. The minimum Gasteiger partial charge on any atom is -0.392 e. The zero-order chi connectivity index (χ0) is 10.5. The van der Waals surface area contributed by atoms with Gasteiger partial charge in [-0.1, -0.05) is 19.3 Å². The van der Waals surface area contributed by atoms with Crippen LogP contribution in [-0.4, -0.2) is 48.8 Å². The van der Waals surface area contributed by atoms with Crippen LogP contribution in [0.2, 0.25) is 0 Å². The molecule has 1 saturated carbocycles. The van der Waals surface area contributed by atoms with E-state index >= 15 is 0 Å². The van der Waals surface area contributed by atoms with Crippen LogP contribution in [0, 0.1) is 5.92 Å². The Morgan fingerprint density at radius 2 is 1.80 bits per heavy atom. The van der Waals surface area contributed by atoms with Crippen molar-refractivity contribution in [1.29, 1.82) is 0 Å². The summed E-state index contributed by atoms with van der Waals surface area (Å²) in [5, 5.41) is 13.5. The predicted octanol–water partition coefficient (Wildman–Crippen LogP) is 0.833. The summed E-state index contributed by atoms with van der Waals surface area (Å²) >= 11 is 0. The normalized spacial score (nSPS) is 27.8. The Bertz CT molecular complexity index is 174. The smallest absolute Gasteiger partial charge is 0.0695 e. The maximum atomic E-state index is 10.2. The number of hydrogen-bond acceptors (Lipinski definition) is 3. The number of nitrogens with zero attached hydrogens (tertiary/aromatic N) is 1. The second-order valence-corrected chi connectivity index (χ2v) is 5.02. The van der Waals surface area contributed by atoms with Gasteiger partial charge in [-0.25, -0.2) is 0 Å². The summed E-state index contributed by atoms with van der Waals surface area (Å²) < 4.78 is 0. The van der Waals surface area contributed by atoms with Crippen LogP contribution >= 0.6 is 0 Å². The van der Waals surface area contributed by atoms with E-state index in [2.05, 4.69) is 10.2 Å². The molecule has 0 aromatic heterocycles. The minimum absolute atomic E-state index is 0.0802. The van der Waals surface area contributed by atoms with E-state index in [0.717, 1.165) is 32.7 Å². The van der Waals surface area contributed by atoms with Crippen molar-refractivity contribution in [3.05, 3.63) is 0 Å². The van der Waals surface area contributed by atoms with Crippen molar-refractivity contribution >= 4 is 0 Å². The van der Waals surface area contributed by atoms with Gasteiger partial charge in [0, 0.05) is 32.7 Å². The first kappa shape index (κ1) is 11.4. The molecular formula is C12H24N2O. The summed E-state index contributed by atoms with van der Waals surface area (Å²) in [5.74, 6) is 0.577. The van der Waals surface area contributed by atoms with Crippen LogP contribution in [-0.2, 0) is 0 Å². The van der Waals surface area contributed by atoms with Crippen LogP contribution in [0.15, 0.2) is 0 Å². The number of nitrogens with one attached hydrogen (secondary N) is 1. The molecule has 0 bridgehead atoms. The Hall–Kier alpha value is -0.120. The zero-order valence-corrected chi connectivity index (χ0v) is 9.62. The number of hydrogen-bond donors (Lipinski definition) is 2. The zero-order valence-electron chi connectivity index (χ0n) is 9.62. The number of aliphatic hydroxyl groups excluding tert-OH is 1. The van der Waals surface area contributed by atoms with Crippen molar-refractivity contribution in [2.45, 2.75) is 38.2 Å². The highest BCUT2D eigenvalue weighted by atomic mass is 16.3. The second-order valence-electron chi connectivity index (χ2n) is 5.02. The van der Waals surface area contributed by atoms with E-state index in [1.165, 1.54) is 32.1 Å². The van der Waals surface area contributed by atoms with Gasteiger partial charge in [0.25, 0.3) is 0 Å². The predicted molar refractivity (Wildman–Crippen MR) is 61.9 cm³/mol. The quantitative estimate of drug-likeness (QED) is 0.727. The Labute approximate surface area is 92.8 Å². The van der Waals surface area contributed by atoms with Crippen molar-refractivity contribution in [2.75, 3.05) is 32.7 Å². The number of piperazine rings is 1. The van der Waals surface area contributed by atoms with Crippen molar-refractivity contribution in [3.8, 4) is 0 Å². The molecule has 2 fully saturated rings. The third kappa shape index (κ3) is 3.44. The fourth-order valence-corrected chi connectivity index (χ4v) is 2.83. The fourth-order valence-electron chi connectivity index (χ4n) is 2.83. The van der Waals surface area contributed by atoms with Crippen LogP contribution in [0.1, 0.15) is 32.1 Å². The summed E-state index contributed by atoms with van der Waals surface area (Å²) in [6.07, 6.45) is 6.42. The first-order chi connectivity index (χ1) is 7.36. The third-order valence-corrected chi connectivity index (χ3v) is 3.85. The molecule has 0 spiro atoms. The third-order valence-electron chi connectivity index (χ3n) is 3.85. The van der Waals surface area contributed by atoms with Crippen molar-refractivity contribution in [2.24, 2.45) is 5.92 Å². The van der Waals surface area contributed by atoms with Crippen LogP contribution < -0.4 is 5.32 Å². The topological polar surface area (TPSA) is 35.5 Å². The van der Waals surface area contributed by atoms with Gasteiger partial charge in [0.2, 0.25) is 0 Å². The molecule has 2 N–H and O–H groups in total. The van der Waals surface area contributed by atoms with Gasteiger partial charge in [-0.15, -0.1) is 0 Å². The Kier molecular flexibility index (Phi) is 4.42. The molecule has 2 aliphatic rings. The van der Waals surface area contributed by atoms with Gasteiger partial charge in [-0.05, 0) is 18.8 Å². The van der Waals surface area contributed by atoms with Gasteiger partial charge >= 0.3 is 0 Å². The molecule has 1 unspecified atom stereocenters. The number of rotatable bonds is 3. The minimum atomic E-state index is -0.0802. The van der Waals surface area contributed by atoms with E-state index in [-0.39, 0.29) is 6.10 Å². The lowest BCUT2D eigenvalue weighted by atomic mass is 9.85. The molecule has 1 saturated heterocycles. The van der Waals surface area contributed by atoms with Gasteiger partial charge in [-0.2, -0.15) is 0 Å². The van der Waals surface area contributed by atoms with Crippen molar-refractivity contribution in [1.82, 2.24) is 10.2 Å². The average Bonchev–Trinajstić information content (AvgIpc) is 2.31. The molecule has 88 valence electrons. The molecule has 0 aromatic carbocycles. The van der Waals surface area contributed by atoms with Gasteiger partial charge in [0.1, 0.15) is 0 Å². The SMILES string of the molecule is OC(CN1CCNCC1)C1CCCCC1. The summed E-state index contributed by atoms with van der Waals surface area (Å²) in [7, 11) is 0.